The van der Waals surface area contributed by atoms with Gasteiger partial charge in [0.25, 0.3) is 0 Å². The Hall–Kier alpha value is -2.82. The fourth-order valence-corrected chi connectivity index (χ4v) is 2.46. The monoisotopic (exact) mass is 341 g/mol. The van der Waals surface area contributed by atoms with E-state index in [-0.39, 0.29) is 0 Å². The van der Waals surface area contributed by atoms with Crippen molar-refractivity contribution < 1.29 is 19.1 Å². The number of carbonyl (C=O) groups excluding carboxylic acids is 2. The van der Waals surface area contributed by atoms with Gasteiger partial charge in [-0.3, -0.25) is 5.32 Å². The van der Waals surface area contributed by atoms with E-state index < -0.39 is 17.7 Å². The summed E-state index contributed by atoms with van der Waals surface area (Å²) in [6.45, 7) is 7.34. The number of methoxy groups -OCH3 is 1. The number of esters is 1. The first-order valence-electron chi connectivity index (χ1n) is 7.99. The fraction of sp³-hybridized carbons (Fsp3) is 0.300. The molecule has 0 heterocycles. The second-order valence-corrected chi connectivity index (χ2v) is 6.75. The Morgan fingerprint density at radius 2 is 1.72 bits per heavy atom. The molecule has 1 N–H and O–H groups in total. The molecule has 132 valence electrons. The fourth-order valence-electron chi connectivity index (χ4n) is 2.46. The number of rotatable bonds is 3. The normalized spacial score (nSPS) is 10.9. The minimum Gasteiger partial charge on any atom is -0.465 e. The number of benzene rings is 2. The van der Waals surface area contributed by atoms with Crippen molar-refractivity contribution in [3.8, 4) is 11.1 Å². The van der Waals surface area contributed by atoms with E-state index in [0.29, 0.717) is 11.3 Å². The lowest BCUT2D eigenvalue weighted by atomic mass is 9.97. The van der Waals surface area contributed by atoms with Crippen LogP contribution in [0.2, 0.25) is 0 Å². The van der Waals surface area contributed by atoms with Gasteiger partial charge in [-0.2, -0.15) is 0 Å². The molecule has 0 aliphatic carbocycles. The van der Waals surface area contributed by atoms with E-state index in [2.05, 4.69) is 5.32 Å². The maximum absolute atomic E-state index is 12.0. The first-order chi connectivity index (χ1) is 11.7. The summed E-state index contributed by atoms with van der Waals surface area (Å²) in [6.07, 6.45) is -0.523. The maximum atomic E-state index is 12.0. The van der Waals surface area contributed by atoms with Crippen LogP contribution in [-0.4, -0.2) is 24.8 Å². The van der Waals surface area contributed by atoms with Crippen molar-refractivity contribution >= 4 is 17.7 Å². The van der Waals surface area contributed by atoms with Crippen molar-refractivity contribution in [2.24, 2.45) is 0 Å². The third kappa shape index (κ3) is 5.08. The molecule has 0 fully saturated rings. The standard InChI is InChI=1S/C20H23NO4/c1-13-10-14(16-8-6-7-9-17(16)18(22)24-5)12-15(11-13)21-19(23)25-20(2,3)4/h6-12H,1-5H3,(H,21,23). The van der Waals surface area contributed by atoms with Crippen LogP contribution in [0.25, 0.3) is 11.1 Å². The van der Waals surface area contributed by atoms with E-state index in [1.54, 1.807) is 39.0 Å². The minimum atomic E-state index is -0.575. The van der Waals surface area contributed by atoms with Gasteiger partial charge in [-0.05, 0) is 62.6 Å². The highest BCUT2D eigenvalue weighted by atomic mass is 16.6. The van der Waals surface area contributed by atoms with E-state index >= 15 is 0 Å². The molecule has 0 aliphatic rings. The third-order valence-corrected chi connectivity index (χ3v) is 3.37. The van der Waals surface area contributed by atoms with Crippen LogP contribution in [0.3, 0.4) is 0 Å². The molecule has 2 aromatic carbocycles. The first-order valence-corrected chi connectivity index (χ1v) is 7.99. The van der Waals surface area contributed by atoms with E-state index in [4.69, 9.17) is 9.47 Å². The molecule has 25 heavy (non-hydrogen) atoms. The molecule has 0 atom stereocenters. The lowest BCUT2D eigenvalue weighted by molar-refractivity contribution is 0.0598. The average Bonchev–Trinajstić information content (AvgIpc) is 2.51. The Balaban J connectivity index is 2.37. The van der Waals surface area contributed by atoms with Crippen molar-refractivity contribution in [1.82, 2.24) is 0 Å². The SMILES string of the molecule is COC(=O)c1ccccc1-c1cc(C)cc(NC(=O)OC(C)(C)C)c1. The Kier molecular flexibility index (Phi) is 5.47. The smallest absolute Gasteiger partial charge is 0.412 e. The summed E-state index contributed by atoms with van der Waals surface area (Å²) in [6, 6.07) is 12.8. The summed E-state index contributed by atoms with van der Waals surface area (Å²) < 4.78 is 10.1. The van der Waals surface area contributed by atoms with Gasteiger partial charge >= 0.3 is 12.1 Å². The first kappa shape index (κ1) is 18.5. The predicted octanol–water partition coefficient (Wildman–Crippen LogP) is 4.80. The van der Waals surface area contributed by atoms with Crippen LogP contribution in [0.4, 0.5) is 10.5 Å². The highest BCUT2D eigenvalue weighted by Crippen LogP contribution is 2.28. The predicted molar refractivity (Wildman–Crippen MR) is 97.8 cm³/mol. The van der Waals surface area contributed by atoms with E-state index in [9.17, 15) is 9.59 Å². The molecule has 5 nitrogen and oxygen atoms in total. The van der Waals surface area contributed by atoms with E-state index in [0.717, 1.165) is 16.7 Å². The number of nitrogens with one attached hydrogen (secondary N) is 1. The molecular formula is C20H23NO4. The molecule has 2 aromatic rings. The van der Waals surface area contributed by atoms with Gasteiger partial charge in [0.15, 0.2) is 0 Å². The highest BCUT2D eigenvalue weighted by molar-refractivity contribution is 5.98. The molecule has 0 saturated heterocycles. The van der Waals surface area contributed by atoms with Crippen molar-refractivity contribution in [1.29, 1.82) is 0 Å². The summed E-state index contributed by atoms with van der Waals surface area (Å²) in [4.78, 5) is 24.0. The van der Waals surface area contributed by atoms with Crippen molar-refractivity contribution in [2.75, 3.05) is 12.4 Å². The maximum Gasteiger partial charge on any atom is 0.412 e. The molecule has 0 unspecified atom stereocenters. The van der Waals surface area contributed by atoms with Gasteiger partial charge in [0, 0.05) is 5.69 Å². The molecule has 0 spiro atoms. The van der Waals surface area contributed by atoms with Crippen molar-refractivity contribution in [3.05, 3.63) is 53.6 Å². The van der Waals surface area contributed by atoms with Crippen LogP contribution in [-0.2, 0) is 9.47 Å². The van der Waals surface area contributed by atoms with Gasteiger partial charge in [0.1, 0.15) is 5.60 Å². The summed E-state index contributed by atoms with van der Waals surface area (Å²) in [7, 11) is 1.35. The summed E-state index contributed by atoms with van der Waals surface area (Å²) in [5.41, 5.74) is 3.00. The molecule has 0 aliphatic heterocycles. The van der Waals surface area contributed by atoms with Crippen LogP contribution < -0.4 is 5.32 Å². The molecule has 5 heteroatoms. The number of ether oxygens (including phenoxy) is 2. The van der Waals surface area contributed by atoms with Gasteiger partial charge in [-0.15, -0.1) is 0 Å². The van der Waals surface area contributed by atoms with Gasteiger partial charge in [-0.25, -0.2) is 9.59 Å². The Morgan fingerprint density at radius 1 is 1.04 bits per heavy atom. The van der Waals surface area contributed by atoms with Gasteiger partial charge in [0.2, 0.25) is 0 Å². The van der Waals surface area contributed by atoms with E-state index in [1.165, 1.54) is 7.11 Å². The Bertz CT molecular complexity index is 791. The van der Waals surface area contributed by atoms with Gasteiger partial charge < -0.3 is 9.47 Å². The highest BCUT2D eigenvalue weighted by Gasteiger charge is 2.17. The third-order valence-electron chi connectivity index (χ3n) is 3.37. The second kappa shape index (κ2) is 7.38. The zero-order valence-corrected chi connectivity index (χ0v) is 15.2. The zero-order valence-electron chi connectivity index (χ0n) is 15.2. The summed E-state index contributed by atoms with van der Waals surface area (Å²) in [5.74, 6) is -0.404. The molecular weight excluding hydrogens is 318 g/mol. The van der Waals surface area contributed by atoms with Crippen molar-refractivity contribution in [3.63, 3.8) is 0 Å². The van der Waals surface area contributed by atoms with Crippen LogP contribution in [0.1, 0.15) is 36.7 Å². The number of carbonyl (C=O) groups is 2. The number of aryl methyl sites for hydroxylation is 1. The number of hydrogen-bond acceptors (Lipinski definition) is 4. The largest absolute Gasteiger partial charge is 0.465 e. The topological polar surface area (TPSA) is 64.6 Å². The van der Waals surface area contributed by atoms with Crippen LogP contribution in [0.15, 0.2) is 42.5 Å². The lowest BCUT2D eigenvalue weighted by Gasteiger charge is -2.20. The van der Waals surface area contributed by atoms with Crippen LogP contribution in [0, 0.1) is 6.92 Å². The molecule has 0 radical (unpaired) electrons. The minimum absolute atomic E-state index is 0.404. The van der Waals surface area contributed by atoms with Crippen LogP contribution in [0.5, 0.6) is 0 Å². The lowest BCUT2D eigenvalue weighted by Crippen LogP contribution is -2.27. The quantitative estimate of drug-likeness (QED) is 0.815. The van der Waals surface area contributed by atoms with Gasteiger partial charge in [0.05, 0.1) is 12.7 Å². The summed E-state index contributed by atoms with van der Waals surface area (Å²) >= 11 is 0. The van der Waals surface area contributed by atoms with Crippen molar-refractivity contribution in [2.45, 2.75) is 33.3 Å². The zero-order chi connectivity index (χ0) is 18.6. The Labute approximate surface area is 148 Å². The second-order valence-electron chi connectivity index (χ2n) is 6.75. The molecule has 2 rings (SSSR count). The molecule has 0 saturated carbocycles. The average molecular weight is 341 g/mol. The summed E-state index contributed by atoms with van der Waals surface area (Å²) in [5, 5.41) is 2.73. The molecule has 1 amide bonds. The van der Waals surface area contributed by atoms with Gasteiger partial charge in [-0.1, -0.05) is 24.3 Å². The molecule has 0 bridgehead atoms. The number of hydrogen-bond donors (Lipinski definition) is 1. The molecule has 0 aromatic heterocycles. The number of anilines is 1. The number of amides is 1. The Morgan fingerprint density at radius 3 is 2.36 bits per heavy atom. The van der Waals surface area contributed by atoms with Crippen LogP contribution >= 0.6 is 0 Å². The van der Waals surface area contributed by atoms with E-state index in [1.807, 2.05) is 31.2 Å².